The van der Waals surface area contributed by atoms with Gasteiger partial charge in [-0.2, -0.15) is 0 Å². The third-order valence-electron chi connectivity index (χ3n) is 20.3. The molecule has 102 heavy (non-hydrogen) atoms. The molecule has 17 rings (SSSR count). The lowest BCUT2D eigenvalue weighted by Crippen LogP contribution is -2.20. The highest BCUT2D eigenvalue weighted by molar-refractivity contribution is 6.11. The molecule has 0 aliphatic carbocycles. The van der Waals surface area contributed by atoms with E-state index in [1.54, 1.807) is 0 Å². The van der Waals surface area contributed by atoms with Gasteiger partial charge in [-0.1, -0.05) is 302 Å². The number of hydrogen-bond acceptors (Lipinski definition) is 2. The van der Waals surface area contributed by atoms with Crippen LogP contribution in [0.4, 0.5) is 34.1 Å². The first-order chi connectivity index (χ1) is 49.9. The Morgan fingerprint density at radius 2 is 0.500 bits per heavy atom. The lowest BCUT2D eigenvalue weighted by atomic mass is 9.81. The van der Waals surface area contributed by atoms with Crippen molar-refractivity contribution in [2.75, 3.05) is 9.80 Å². The van der Waals surface area contributed by atoms with Crippen LogP contribution in [0, 0.1) is 0 Å². The molecule has 0 bridgehead atoms. The van der Waals surface area contributed by atoms with E-state index in [0.717, 1.165) is 134 Å². The van der Waals surface area contributed by atoms with E-state index >= 15 is 0 Å². The molecule has 2 heterocycles. The monoisotopic (exact) mass is 1310 g/mol. The van der Waals surface area contributed by atoms with Gasteiger partial charge in [0, 0.05) is 77.9 Å². The zero-order valence-electron chi connectivity index (χ0n) is 58.4. The van der Waals surface area contributed by atoms with Crippen molar-refractivity contribution in [3.63, 3.8) is 0 Å². The quantitative estimate of drug-likeness (QED) is 0.108. The fourth-order valence-electron chi connectivity index (χ4n) is 15.3. The van der Waals surface area contributed by atoms with E-state index in [2.05, 4.69) is 424 Å². The molecule has 0 fully saturated rings. The number of benzene rings is 15. The Morgan fingerprint density at radius 3 is 0.873 bits per heavy atom. The molecule has 0 saturated heterocycles. The summed E-state index contributed by atoms with van der Waals surface area (Å²) in [4.78, 5) is 5.19. The highest BCUT2D eigenvalue weighted by atomic mass is 15.2. The van der Waals surface area contributed by atoms with E-state index in [1.165, 1.54) is 32.7 Å². The Bertz CT molecular complexity index is 5700. The van der Waals surface area contributed by atoms with Gasteiger partial charge in [0.1, 0.15) is 0 Å². The van der Waals surface area contributed by atoms with Gasteiger partial charge >= 0.3 is 0 Å². The summed E-state index contributed by atoms with van der Waals surface area (Å²) in [5.41, 5.74) is 28.2. The molecule has 0 radical (unpaired) electrons. The van der Waals surface area contributed by atoms with E-state index < -0.39 is 0 Å². The summed E-state index contributed by atoms with van der Waals surface area (Å²) in [5.74, 6) is 0. The van der Waals surface area contributed by atoms with Gasteiger partial charge in [-0.15, -0.1) is 0 Å². The van der Waals surface area contributed by atoms with Crippen molar-refractivity contribution >= 4 is 77.7 Å². The highest BCUT2D eigenvalue weighted by Gasteiger charge is 2.31. The average Bonchev–Trinajstić information content (AvgIpc) is 0.989. The van der Waals surface area contributed by atoms with Gasteiger partial charge in [0.25, 0.3) is 0 Å². The molecule has 2 aromatic heterocycles. The number of fused-ring (bicyclic) bond motifs is 6. The smallest absolute Gasteiger partial charge is 0.0618 e. The molecule has 0 aliphatic heterocycles. The van der Waals surface area contributed by atoms with Gasteiger partial charge in [0.2, 0.25) is 0 Å². The van der Waals surface area contributed by atoms with Crippen LogP contribution in [0.1, 0.15) is 52.7 Å². The predicted molar refractivity (Wildman–Crippen MR) is 435 cm³/mol. The molecule has 0 unspecified atom stereocenters. The summed E-state index contributed by atoms with van der Waals surface area (Å²) >= 11 is 0. The minimum absolute atomic E-state index is 0.256. The first-order valence-corrected chi connectivity index (χ1v) is 35.6. The summed E-state index contributed by atoms with van der Waals surface area (Å²) in [7, 11) is 0. The zero-order valence-corrected chi connectivity index (χ0v) is 58.4. The summed E-state index contributed by atoms with van der Waals surface area (Å²) in [5, 5.41) is 4.86. The molecule has 0 spiro atoms. The van der Waals surface area contributed by atoms with Crippen LogP contribution in [0.3, 0.4) is 0 Å². The molecule has 17 aromatic rings. The summed E-state index contributed by atoms with van der Waals surface area (Å²) in [6, 6.07) is 135. The second kappa shape index (κ2) is 26.0. The predicted octanol–water partition coefficient (Wildman–Crippen LogP) is 27.4. The normalized spacial score (nSPS) is 11.8. The van der Waals surface area contributed by atoms with Crippen molar-refractivity contribution in [1.29, 1.82) is 0 Å². The molecule has 490 valence electrons. The fraction of sp³-hybridized carbons (Fsp3) is 0.0816. The molecular weight excluding hydrogens is 1230 g/mol. The van der Waals surface area contributed by atoms with Crippen LogP contribution in [0.5, 0.6) is 0 Å². The fourth-order valence-corrected chi connectivity index (χ4v) is 15.3. The van der Waals surface area contributed by atoms with Crippen molar-refractivity contribution in [1.82, 2.24) is 9.13 Å². The Balaban J connectivity index is 1.02. The third-order valence-corrected chi connectivity index (χ3v) is 20.3. The summed E-state index contributed by atoms with van der Waals surface area (Å²) < 4.78 is 4.90. The third kappa shape index (κ3) is 11.6. The van der Waals surface area contributed by atoms with Crippen molar-refractivity contribution < 1.29 is 0 Å². The van der Waals surface area contributed by atoms with E-state index in [1.807, 2.05) is 0 Å². The number of rotatable bonds is 14. The largest absolute Gasteiger partial charge is 0.309 e. The summed E-state index contributed by atoms with van der Waals surface area (Å²) in [6.45, 7) is 14.1. The number of anilines is 6. The Kier molecular flexibility index (Phi) is 16.0. The first-order valence-electron chi connectivity index (χ1n) is 35.6. The van der Waals surface area contributed by atoms with Crippen molar-refractivity contribution in [2.45, 2.75) is 52.4 Å². The van der Waals surface area contributed by atoms with Crippen LogP contribution in [0.15, 0.2) is 364 Å². The lowest BCUT2D eigenvalue weighted by molar-refractivity contribution is 0.590. The van der Waals surface area contributed by atoms with Gasteiger partial charge in [-0.05, 0) is 170 Å². The van der Waals surface area contributed by atoms with Gasteiger partial charge in [0.15, 0.2) is 0 Å². The molecule has 0 saturated carbocycles. The average molecular weight is 1310 g/mol. The Hall–Kier alpha value is -12.5. The van der Waals surface area contributed by atoms with E-state index in [0.29, 0.717) is 0 Å². The molecule has 4 nitrogen and oxygen atoms in total. The van der Waals surface area contributed by atoms with Crippen LogP contribution in [-0.2, 0) is 10.8 Å². The van der Waals surface area contributed by atoms with E-state index in [9.17, 15) is 0 Å². The maximum atomic E-state index is 2.62. The molecule has 0 N–H and O–H groups in total. The molecule has 4 heteroatoms. The first kappa shape index (κ1) is 63.0. The zero-order chi connectivity index (χ0) is 69.1. The SMILES string of the molecule is CC(C)(C)c1cc(N(c2cccc(-n3c4ccccc4c4ccccc43)c2)c2c(-c3ccccc3)cccc2-c2ccccc2)cc(N(c2cccc(-n3c4ccccc4c4ccccc43)c2)c2c(-c3cccc(-c4ccccc4)c3)cc(C(C)(C)C)cc2-c2cccc(-c3ccccc3)c2)c1. The van der Waals surface area contributed by atoms with Crippen LogP contribution in [-0.4, -0.2) is 9.13 Å². The van der Waals surface area contributed by atoms with Crippen molar-refractivity contribution in [3.05, 3.63) is 375 Å². The minimum atomic E-state index is -0.366. The van der Waals surface area contributed by atoms with Crippen LogP contribution in [0.25, 0.3) is 122 Å². The standard InChI is InChI=1S/C98H78N4/c1-97(2,3)75-60-81(99(95-83(69-36-15-9-16-37-69)52-31-53-84(95)70-38-17-10-18-39-70)77-44-29-46-79(64-77)101-91-54-23-19-48-85(91)86-49-20-24-55-92(86)101)66-82(61-75)100(78-45-30-47-80(65-78)102-93-56-25-21-50-87(93)88-51-22-26-57-94(88)102)96-89(73-42-27-40-71(58-73)67-32-11-7-12-33-67)62-76(98(4,5)6)63-90(96)74-43-28-41-72(59-74)68-34-13-8-14-35-68/h7-66H,1-6H3. The van der Waals surface area contributed by atoms with Crippen LogP contribution < -0.4 is 9.80 Å². The summed E-state index contributed by atoms with van der Waals surface area (Å²) in [6.07, 6.45) is 0. The van der Waals surface area contributed by atoms with Crippen molar-refractivity contribution in [2.24, 2.45) is 0 Å². The molecule has 15 aromatic carbocycles. The molecular formula is C98H78N4. The second-order valence-electron chi connectivity index (χ2n) is 28.9. The number of nitrogens with zero attached hydrogens (tertiary/aromatic N) is 4. The van der Waals surface area contributed by atoms with Crippen LogP contribution in [0.2, 0.25) is 0 Å². The maximum absolute atomic E-state index is 2.62. The van der Waals surface area contributed by atoms with Gasteiger partial charge < -0.3 is 18.9 Å². The van der Waals surface area contributed by atoms with Crippen molar-refractivity contribution in [3.8, 4) is 78.1 Å². The maximum Gasteiger partial charge on any atom is 0.0618 e. The number of hydrogen-bond donors (Lipinski definition) is 0. The highest BCUT2D eigenvalue weighted by Crippen LogP contribution is 2.54. The number of para-hydroxylation sites is 5. The topological polar surface area (TPSA) is 16.3 Å². The van der Waals surface area contributed by atoms with Crippen LogP contribution >= 0.6 is 0 Å². The molecule has 0 amide bonds. The van der Waals surface area contributed by atoms with E-state index in [4.69, 9.17) is 0 Å². The number of aromatic nitrogens is 2. The lowest BCUT2D eigenvalue weighted by Gasteiger charge is -2.36. The molecule has 0 atom stereocenters. The van der Waals surface area contributed by atoms with E-state index in [-0.39, 0.29) is 10.8 Å². The van der Waals surface area contributed by atoms with Gasteiger partial charge in [-0.25, -0.2) is 0 Å². The van der Waals surface area contributed by atoms with Gasteiger partial charge in [0.05, 0.1) is 33.4 Å². The Morgan fingerprint density at radius 1 is 0.206 bits per heavy atom. The minimum Gasteiger partial charge on any atom is -0.309 e. The van der Waals surface area contributed by atoms with Gasteiger partial charge in [-0.3, -0.25) is 0 Å². The second-order valence-corrected chi connectivity index (χ2v) is 28.9. The molecule has 0 aliphatic rings. The Labute approximate surface area is 598 Å².